The summed E-state index contributed by atoms with van der Waals surface area (Å²) in [5.74, 6) is 0.191. The van der Waals surface area contributed by atoms with Gasteiger partial charge in [-0.2, -0.15) is 0 Å². The monoisotopic (exact) mass is 241 g/mol. The van der Waals surface area contributed by atoms with E-state index in [-0.39, 0.29) is 19.1 Å². The van der Waals surface area contributed by atoms with Crippen LogP contribution in [0.5, 0.6) is 0 Å². The van der Waals surface area contributed by atoms with Crippen LogP contribution < -0.4 is 5.32 Å². The first-order valence-corrected chi connectivity index (χ1v) is 5.72. The standard InChI is InChI=1S/C11H19N3O3/c1-3-4-14(5-6-15)8-10(16)12-11-7-9(2)13-17-11/h7,15H,3-6,8H2,1-2H3,(H,12,16). The van der Waals surface area contributed by atoms with E-state index in [0.29, 0.717) is 12.4 Å². The average Bonchev–Trinajstić information content (AvgIpc) is 2.64. The normalized spacial score (nSPS) is 10.8. The molecule has 1 aromatic heterocycles. The molecule has 96 valence electrons. The molecule has 0 fully saturated rings. The van der Waals surface area contributed by atoms with Gasteiger partial charge in [-0.05, 0) is 19.9 Å². The van der Waals surface area contributed by atoms with Crippen LogP contribution in [0.25, 0.3) is 0 Å². The van der Waals surface area contributed by atoms with Crippen LogP contribution in [0, 0.1) is 6.92 Å². The SMILES string of the molecule is CCCN(CCO)CC(=O)Nc1cc(C)no1. The Hall–Kier alpha value is -1.40. The predicted octanol–water partition coefficient (Wildman–Crippen LogP) is 0.626. The largest absolute Gasteiger partial charge is 0.395 e. The van der Waals surface area contributed by atoms with Crippen molar-refractivity contribution in [2.45, 2.75) is 20.3 Å². The van der Waals surface area contributed by atoms with Crippen molar-refractivity contribution in [3.63, 3.8) is 0 Å². The fourth-order valence-corrected chi connectivity index (χ4v) is 1.53. The van der Waals surface area contributed by atoms with Crippen LogP contribution in [-0.2, 0) is 4.79 Å². The second kappa shape index (κ2) is 7.03. The number of nitrogens with one attached hydrogen (secondary N) is 1. The zero-order chi connectivity index (χ0) is 12.7. The summed E-state index contributed by atoms with van der Waals surface area (Å²) in [5, 5.41) is 15.2. The number of aliphatic hydroxyl groups excluding tert-OH is 1. The molecule has 0 aliphatic heterocycles. The number of rotatable bonds is 7. The first-order valence-electron chi connectivity index (χ1n) is 5.72. The molecule has 0 aromatic carbocycles. The Morgan fingerprint density at radius 2 is 2.35 bits per heavy atom. The number of aliphatic hydroxyl groups is 1. The fourth-order valence-electron chi connectivity index (χ4n) is 1.53. The minimum Gasteiger partial charge on any atom is -0.395 e. The van der Waals surface area contributed by atoms with Crippen LogP contribution >= 0.6 is 0 Å². The van der Waals surface area contributed by atoms with Gasteiger partial charge >= 0.3 is 0 Å². The Morgan fingerprint density at radius 1 is 1.59 bits per heavy atom. The van der Waals surface area contributed by atoms with Crippen molar-refractivity contribution >= 4 is 11.8 Å². The number of nitrogens with zero attached hydrogens (tertiary/aromatic N) is 2. The lowest BCUT2D eigenvalue weighted by molar-refractivity contribution is -0.117. The highest BCUT2D eigenvalue weighted by Gasteiger charge is 2.11. The summed E-state index contributed by atoms with van der Waals surface area (Å²) in [6.45, 7) is 5.39. The molecule has 17 heavy (non-hydrogen) atoms. The van der Waals surface area contributed by atoms with Gasteiger partial charge in [0.1, 0.15) is 0 Å². The Bertz CT molecular complexity index is 345. The minimum absolute atomic E-state index is 0.0503. The summed E-state index contributed by atoms with van der Waals surface area (Å²) in [4.78, 5) is 13.5. The van der Waals surface area contributed by atoms with Gasteiger partial charge in [-0.3, -0.25) is 15.0 Å². The molecule has 0 aliphatic rings. The van der Waals surface area contributed by atoms with Crippen molar-refractivity contribution in [2.24, 2.45) is 0 Å². The highest BCUT2D eigenvalue weighted by Crippen LogP contribution is 2.08. The second-order valence-electron chi connectivity index (χ2n) is 3.88. The molecule has 1 rings (SSSR count). The molecule has 0 unspecified atom stereocenters. The minimum atomic E-state index is -0.164. The maximum absolute atomic E-state index is 11.7. The lowest BCUT2D eigenvalue weighted by Crippen LogP contribution is -2.35. The topological polar surface area (TPSA) is 78.6 Å². The number of hydrogen-bond donors (Lipinski definition) is 2. The van der Waals surface area contributed by atoms with E-state index in [4.69, 9.17) is 9.63 Å². The van der Waals surface area contributed by atoms with E-state index < -0.39 is 0 Å². The molecule has 6 nitrogen and oxygen atoms in total. The highest BCUT2D eigenvalue weighted by molar-refractivity contribution is 5.90. The number of amides is 1. The summed E-state index contributed by atoms with van der Waals surface area (Å²) in [5.41, 5.74) is 0.723. The third-order valence-corrected chi connectivity index (χ3v) is 2.21. The molecule has 0 aliphatic carbocycles. The van der Waals surface area contributed by atoms with Crippen molar-refractivity contribution in [2.75, 3.05) is 31.6 Å². The maximum atomic E-state index is 11.7. The smallest absolute Gasteiger partial charge is 0.240 e. The number of aromatic nitrogens is 1. The zero-order valence-electron chi connectivity index (χ0n) is 10.3. The van der Waals surface area contributed by atoms with Gasteiger partial charge < -0.3 is 9.63 Å². The molecule has 0 atom stereocenters. The number of carbonyl (C=O) groups excluding carboxylic acids is 1. The molecule has 0 saturated heterocycles. The lowest BCUT2D eigenvalue weighted by Gasteiger charge is -2.19. The van der Waals surface area contributed by atoms with E-state index in [9.17, 15) is 4.79 Å². The van der Waals surface area contributed by atoms with Gasteiger partial charge in [0, 0.05) is 12.6 Å². The van der Waals surface area contributed by atoms with Gasteiger partial charge in [-0.15, -0.1) is 0 Å². The first-order chi connectivity index (χ1) is 8.15. The van der Waals surface area contributed by atoms with Gasteiger partial charge in [0.2, 0.25) is 11.8 Å². The lowest BCUT2D eigenvalue weighted by atomic mass is 10.4. The molecule has 1 aromatic rings. The maximum Gasteiger partial charge on any atom is 0.240 e. The van der Waals surface area contributed by atoms with Gasteiger partial charge in [0.05, 0.1) is 18.8 Å². The zero-order valence-corrected chi connectivity index (χ0v) is 10.3. The number of carbonyl (C=O) groups is 1. The van der Waals surface area contributed by atoms with Gasteiger partial charge in [-0.1, -0.05) is 12.1 Å². The fraction of sp³-hybridized carbons (Fsp3) is 0.636. The van der Waals surface area contributed by atoms with Crippen molar-refractivity contribution in [1.82, 2.24) is 10.1 Å². The van der Waals surface area contributed by atoms with E-state index in [1.54, 1.807) is 13.0 Å². The van der Waals surface area contributed by atoms with E-state index in [0.717, 1.165) is 18.7 Å². The third kappa shape index (κ3) is 4.97. The van der Waals surface area contributed by atoms with Crippen molar-refractivity contribution < 1.29 is 14.4 Å². The molecule has 6 heteroatoms. The Labute approximate surface area is 101 Å². The first kappa shape index (κ1) is 13.7. The number of hydrogen-bond acceptors (Lipinski definition) is 5. The van der Waals surface area contributed by atoms with Gasteiger partial charge in [0.15, 0.2) is 0 Å². The van der Waals surface area contributed by atoms with Crippen LogP contribution in [0.2, 0.25) is 0 Å². The molecular formula is C11H19N3O3. The van der Waals surface area contributed by atoms with Crippen LogP contribution in [0.15, 0.2) is 10.6 Å². The van der Waals surface area contributed by atoms with Crippen molar-refractivity contribution in [3.05, 3.63) is 11.8 Å². The number of anilines is 1. The second-order valence-corrected chi connectivity index (χ2v) is 3.88. The van der Waals surface area contributed by atoms with Crippen LogP contribution in [0.3, 0.4) is 0 Å². The molecule has 2 N–H and O–H groups in total. The molecule has 0 saturated carbocycles. The summed E-state index contributed by atoms with van der Waals surface area (Å²) < 4.78 is 4.89. The van der Waals surface area contributed by atoms with Crippen molar-refractivity contribution in [1.29, 1.82) is 0 Å². The van der Waals surface area contributed by atoms with E-state index in [1.165, 1.54) is 0 Å². The molecule has 0 spiro atoms. The van der Waals surface area contributed by atoms with E-state index in [1.807, 2.05) is 11.8 Å². The van der Waals surface area contributed by atoms with Crippen LogP contribution in [0.1, 0.15) is 19.0 Å². The van der Waals surface area contributed by atoms with Gasteiger partial charge in [-0.25, -0.2) is 0 Å². The molecule has 1 amide bonds. The molecule has 1 heterocycles. The number of aryl methyl sites for hydroxylation is 1. The van der Waals surface area contributed by atoms with Crippen LogP contribution in [-0.4, -0.2) is 47.3 Å². The quantitative estimate of drug-likeness (QED) is 0.732. The summed E-state index contributed by atoms with van der Waals surface area (Å²) in [7, 11) is 0. The molecular weight excluding hydrogens is 222 g/mol. The summed E-state index contributed by atoms with van der Waals surface area (Å²) >= 11 is 0. The Kier molecular flexibility index (Phi) is 5.65. The third-order valence-electron chi connectivity index (χ3n) is 2.21. The van der Waals surface area contributed by atoms with Gasteiger partial charge in [0.25, 0.3) is 0 Å². The van der Waals surface area contributed by atoms with Crippen molar-refractivity contribution in [3.8, 4) is 0 Å². The van der Waals surface area contributed by atoms with E-state index in [2.05, 4.69) is 10.5 Å². The summed E-state index contributed by atoms with van der Waals surface area (Å²) in [6, 6.07) is 1.66. The Balaban J connectivity index is 2.41. The highest BCUT2D eigenvalue weighted by atomic mass is 16.5. The molecule has 0 bridgehead atoms. The average molecular weight is 241 g/mol. The summed E-state index contributed by atoms with van der Waals surface area (Å²) in [6.07, 6.45) is 0.939. The van der Waals surface area contributed by atoms with Crippen LogP contribution in [0.4, 0.5) is 5.88 Å². The van der Waals surface area contributed by atoms with E-state index >= 15 is 0 Å². The predicted molar refractivity (Wildman–Crippen MR) is 63.7 cm³/mol. The molecule has 0 radical (unpaired) electrons. The Morgan fingerprint density at radius 3 is 2.88 bits per heavy atom.